The summed E-state index contributed by atoms with van der Waals surface area (Å²) in [5, 5.41) is 0. The van der Waals surface area contributed by atoms with Crippen molar-refractivity contribution in [2.24, 2.45) is 40.4 Å². The summed E-state index contributed by atoms with van der Waals surface area (Å²) in [5.74, 6) is 4.70. The van der Waals surface area contributed by atoms with E-state index in [1.54, 1.807) is 0 Å². The molecule has 8 atom stereocenters. The highest BCUT2D eigenvalue weighted by molar-refractivity contribution is 5.14. The third-order valence-electron chi connectivity index (χ3n) is 10.6. The molecule has 1 aromatic rings. The normalized spacial score (nSPS) is 42.6. The molecule has 1 aromatic carbocycles. The summed E-state index contributed by atoms with van der Waals surface area (Å²) in [6.07, 6.45) is 16.7. The van der Waals surface area contributed by atoms with Crippen molar-refractivity contribution in [3.8, 4) is 0 Å². The molecule has 0 bridgehead atoms. The van der Waals surface area contributed by atoms with Crippen LogP contribution in [0.3, 0.4) is 0 Å². The SMILES string of the molecule is C=CCC1CCC2[C@@H]3CC[C@@H]4CC(OCc5ccccc5)CC[C@]4(C)C3CC[C@]12C.CC. The van der Waals surface area contributed by atoms with Crippen molar-refractivity contribution in [3.63, 3.8) is 0 Å². The molecule has 0 N–H and O–H groups in total. The number of benzene rings is 1. The quantitative estimate of drug-likeness (QED) is 0.419. The Morgan fingerprint density at radius 1 is 0.906 bits per heavy atom. The van der Waals surface area contributed by atoms with Crippen LogP contribution in [-0.2, 0) is 11.3 Å². The van der Waals surface area contributed by atoms with Crippen LogP contribution < -0.4 is 0 Å². The average molecular weight is 437 g/mol. The summed E-state index contributed by atoms with van der Waals surface area (Å²) in [4.78, 5) is 0. The lowest BCUT2D eigenvalue weighted by Gasteiger charge is -2.61. The van der Waals surface area contributed by atoms with Crippen molar-refractivity contribution >= 4 is 0 Å². The zero-order valence-electron chi connectivity index (χ0n) is 21.3. The minimum atomic E-state index is 0.470. The first-order valence-corrected chi connectivity index (χ1v) is 13.8. The third kappa shape index (κ3) is 4.24. The molecule has 0 saturated heterocycles. The van der Waals surface area contributed by atoms with Crippen molar-refractivity contribution < 1.29 is 4.74 Å². The first-order chi connectivity index (χ1) is 15.5. The average Bonchev–Trinajstić information content (AvgIpc) is 3.16. The summed E-state index contributed by atoms with van der Waals surface area (Å²) in [6, 6.07) is 10.7. The lowest BCUT2D eigenvalue weighted by molar-refractivity contribution is -0.136. The fourth-order valence-corrected chi connectivity index (χ4v) is 8.86. The van der Waals surface area contributed by atoms with E-state index in [1.165, 1.54) is 69.8 Å². The first kappa shape index (κ1) is 24.1. The number of hydrogen-bond acceptors (Lipinski definition) is 1. The summed E-state index contributed by atoms with van der Waals surface area (Å²) in [6.45, 7) is 14.2. The molecular weight excluding hydrogens is 388 g/mol. The summed E-state index contributed by atoms with van der Waals surface area (Å²) >= 11 is 0. The predicted molar refractivity (Wildman–Crippen MR) is 136 cm³/mol. The Morgan fingerprint density at radius 2 is 1.62 bits per heavy atom. The Kier molecular flexibility index (Phi) is 7.55. The van der Waals surface area contributed by atoms with Gasteiger partial charge in [0.2, 0.25) is 0 Å². The van der Waals surface area contributed by atoms with Crippen LogP contribution in [0.1, 0.15) is 97.5 Å². The Bertz CT molecular complexity index is 740. The van der Waals surface area contributed by atoms with Crippen LogP contribution in [0.5, 0.6) is 0 Å². The van der Waals surface area contributed by atoms with Gasteiger partial charge in [0.1, 0.15) is 0 Å². The van der Waals surface area contributed by atoms with E-state index < -0.39 is 0 Å². The minimum absolute atomic E-state index is 0.470. The number of hydrogen-bond donors (Lipinski definition) is 0. The second kappa shape index (κ2) is 10.0. The van der Waals surface area contributed by atoms with Gasteiger partial charge in [-0.15, -0.1) is 6.58 Å². The number of ether oxygens (including phenoxy) is 1. The summed E-state index contributed by atoms with van der Waals surface area (Å²) in [5.41, 5.74) is 2.47. The maximum atomic E-state index is 6.42. The highest BCUT2D eigenvalue weighted by Gasteiger charge is 2.59. The van der Waals surface area contributed by atoms with Gasteiger partial charge in [-0.2, -0.15) is 0 Å². The van der Waals surface area contributed by atoms with Gasteiger partial charge in [0.25, 0.3) is 0 Å². The first-order valence-electron chi connectivity index (χ1n) is 13.8. The molecule has 1 heteroatoms. The molecule has 0 heterocycles. The van der Waals surface area contributed by atoms with Crippen molar-refractivity contribution in [2.75, 3.05) is 0 Å². The van der Waals surface area contributed by atoms with E-state index in [-0.39, 0.29) is 0 Å². The molecule has 4 aliphatic rings. The number of rotatable bonds is 5. The Hall–Kier alpha value is -1.08. The van der Waals surface area contributed by atoms with Crippen molar-refractivity contribution in [3.05, 3.63) is 48.6 Å². The highest BCUT2D eigenvalue weighted by atomic mass is 16.5. The smallest absolute Gasteiger partial charge is 0.0720 e. The van der Waals surface area contributed by atoms with Gasteiger partial charge in [0.05, 0.1) is 12.7 Å². The maximum Gasteiger partial charge on any atom is 0.0720 e. The van der Waals surface area contributed by atoms with Crippen LogP contribution in [0.2, 0.25) is 0 Å². The van der Waals surface area contributed by atoms with Gasteiger partial charge in [-0.1, -0.05) is 64.1 Å². The summed E-state index contributed by atoms with van der Waals surface area (Å²) in [7, 11) is 0. The lowest BCUT2D eigenvalue weighted by Crippen LogP contribution is -2.54. The number of fused-ring (bicyclic) bond motifs is 5. The molecule has 178 valence electrons. The summed E-state index contributed by atoms with van der Waals surface area (Å²) < 4.78 is 6.42. The van der Waals surface area contributed by atoms with Crippen molar-refractivity contribution in [1.29, 1.82) is 0 Å². The van der Waals surface area contributed by atoms with Crippen LogP contribution in [0, 0.1) is 40.4 Å². The van der Waals surface area contributed by atoms with Gasteiger partial charge in [-0.25, -0.2) is 0 Å². The second-order valence-electron chi connectivity index (χ2n) is 11.7. The molecule has 4 unspecified atom stereocenters. The monoisotopic (exact) mass is 436 g/mol. The largest absolute Gasteiger partial charge is 0.374 e. The Labute approximate surface area is 198 Å². The topological polar surface area (TPSA) is 9.23 Å². The molecule has 4 fully saturated rings. The van der Waals surface area contributed by atoms with Crippen LogP contribution in [0.4, 0.5) is 0 Å². The van der Waals surface area contributed by atoms with Crippen molar-refractivity contribution in [2.45, 2.75) is 105 Å². The van der Waals surface area contributed by atoms with Crippen LogP contribution in [0.15, 0.2) is 43.0 Å². The Balaban J connectivity index is 0.00000119. The van der Waals surface area contributed by atoms with Crippen molar-refractivity contribution in [1.82, 2.24) is 0 Å². The molecule has 4 aliphatic carbocycles. The molecule has 5 rings (SSSR count). The predicted octanol–water partition coefficient (Wildman–Crippen LogP) is 8.83. The van der Waals surface area contributed by atoms with E-state index in [2.05, 4.69) is 56.8 Å². The van der Waals surface area contributed by atoms with Crippen LogP contribution in [-0.4, -0.2) is 6.10 Å². The minimum Gasteiger partial charge on any atom is -0.374 e. The fourth-order valence-electron chi connectivity index (χ4n) is 8.86. The number of allylic oxidation sites excluding steroid dienone is 1. The van der Waals surface area contributed by atoms with E-state index in [1.807, 2.05) is 13.8 Å². The van der Waals surface area contributed by atoms with Gasteiger partial charge in [0, 0.05) is 0 Å². The molecule has 32 heavy (non-hydrogen) atoms. The molecule has 4 saturated carbocycles. The van der Waals surface area contributed by atoms with E-state index in [4.69, 9.17) is 4.74 Å². The van der Waals surface area contributed by atoms with Gasteiger partial charge >= 0.3 is 0 Å². The molecule has 0 amide bonds. The third-order valence-corrected chi connectivity index (χ3v) is 10.6. The standard InChI is InChI=1S/C29H42O.C2H6/c1-4-8-22-12-14-26-25-13-11-23-19-24(30-20-21-9-6-5-7-10-21)15-17-29(23,3)27(25)16-18-28(22,26)2;1-2/h4-7,9-10,22-27H,1,8,11-20H2,2-3H3;1-2H3/t22?,23-,24?,25+,26?,27?,28-,29+;/m1./s1. The van der Waals surface area contributed by atoms with E-state index in [9.17, 15) is 0 Å². The zero-order valence-corrected chi connectivity index (χ0v) is 21.3. The van der Waals surface area contributed by atoms with Gasteiger partial charge in [0.15, 0.2) is 0 Å². The van der Waals surface area contributed by atoms with Gasteiger partial charge in [-0.05, 0) is 110 Å². The van der Waals surface area contributed by atoms with E-state index in [0.29, 0.717) is 16.9 Å². The highest BCUT2D eigenvalue weighted by Crippen LogP contribution is 2.67. The molecule has 1 nitrogen and oxygen atoms in total. The van der Waals surface area contributed by atoms with Gasteiger partial charge < -0.3 is 4.74 Å². The molecule has 0 aliphatic heterocycles. The molecule has 0 aromatic heterocycles. The van der Waals surface area contributed by atoms with E-state index >= 15 is 0 Å². The van der Waals surface area contributed by atoms with Crippen LogP contribution in [0.25, 0.3) is 0 Å². The fraction of sp³-hybridized carbons (Fsp3) is 0.742. The lowest BCUT2D eigenvalue weighted by atomic mass is 9.44. The maximum absolute atomic E-state index is 6.42. The molecular formula is C31H48O. The Morgan fingerprint density at radius 3 is 2.38 bits per heavy atom. The zero-order chi connectivity index (χ0) is 22.8. The van der Waals surface area contributed by atoms with Crippen LogP contribution >= 0.6 is 0 Å². The van der Waals surface area contributed by atoms with E-state index in [0.717, 1.165) is 36.2 Å². The van der Waals surface area contributed by atoms with Gasteiger partial charge in [-0.3, -0.25) is 0 Å². The second-order valence-corrected chi connectivity index (χ2v) is 11.7. The molecule has 0 spiro atoms. The molecule has 0 radical (unpaired) electrons.